The number of rotatable bonds is 2. The molecule has 0 aliphatic rings. The molecule has 0 saturated carbocycles. The van der Waals surface area contributed by atoms with Gasteiger partial charge >= 0.3 is 0 Å². The van der Waals surface area contributed by atoms with Gasteiger partial charge in [-0.1, -0.05) is 20.8 Å². The average molecular weight is 207 g/mol. The van der Waals surface area contributed by atoms with E-state index < -0.39 is 5.41 Å². The summed E-state index contributed by atoms with van der Waals surface area (Å²) >= 11 is 0. The van der Waals surface area contributed by atoms with Crippen molar-refractivity contribution in [3.05, 3.63) is 34.2 Å². The van der Waals surface area contributed by atoms with E-state index >= 15 is 0 Å². The highest BCUT2D eigenvalue weighted by atomic mass is 16.1. The number of carbonyl (C=O) groups is 1. The monoisotopic (exact) mass is 207 g/mol. The largest absolute Gasteiger partial charge is 0.316 e. The van der Waals surface area contributed by atoms with Crippen molar-refractivity contribution in [1.82, 2.24) is 4.57 Å². The Morgan fingerprint density at radius 2 is 2.00 bits per heavy atom. The lowest BCUT2D eigenvalue weighted by Gasteiger charge is -2.16. The van der Waals surface area contributed by atoms with Crippen molar-refractivity contribution < 1.29 is 4.79 Å². The van der Waals surface area contributed by atoms with E-state index in [1.807, 2.05) is 27.7 Å². The number of Topliss-reactive ketones (excluding diaryl/α,β-unsaturated/α-hetero) is 1. The molecular weight excluding hydrogens is 190 g/mol. The summed E-state index contributed by atoms with van der Waals surface area (Å²) in [5, 5.41) is 0. The lowest BCUT2D eigenvalue weighted by atomic mass is 9.87. The molecule has 0 saturated heterocycles. The minimum atomic E-state index is -0.440. The highest BCUT2D eigenvalue weighted by Crippen LogP contribution is 2.19. The van der Waals surface area contributed by atoms with Crippen molar-refractivity contribution in [3.63, 3.8) is 0 Å². The Labute approximate surface area is 89.7 Å². The molecule has 1 heterocycles. The van der Waals surface area contributed by atoms with Gasteiger partial charge in [-0.05, 0) is 13.0 Å². The van der Waals surface area contributed by atoms with Crippen LogP contribution < -0.4 is 5.56 Å². The number of hydrogen-bond acceptors (Lipinski definition) is 2. The van der Waals surface area contributed by atoms with Crippen LogP contribution in [-0.4, -0.2) is 10.4 Å². The normalized spacial score (nSPS) is 11.5. The van der Waals surface area contributed by atoms with Crippen LogP contribution in [0.3, 0.4) is 0 Å². The van der Waals surface area contributed by atoms with Crippen molar-refractivity contribution in [3.8, 4) is 0 Å². The predicted molar refractivity (Wildman–Crippen MR) is 60.2 cm³/mol. The predicted octanol–water partition coefficient (Wildman–Crippen LogP) is 2.10. The summed E-state index contributed by atoms with van der Waals surface area (Å²) in [6.45, 7) is 8.07. The van der Waals surface area contributed by atoms with Gasteiger partial charge in [-0.15, -0.1) is 0 Å². The average Bonchev–Trinajstić information content (AvgIpc) is 2.15. The maximum atomic E-state index is 11.9. The quantitative estimate of drug-likeness (QED) is 0.697. The number of hydrogen-bond donors (Lipinski definition) is 0. The molecule has 82 valence electrons. The standard InChI is InChI=1S/C12H17NO2/c1-5-13-7-6-9(8-10(13)14)11(15)12(2,3)4/h6-8H,5H2,1-4H3. The highest BCUT2D eigenvalue weighted by molar-refractivity contribution is 5.99. The molecule has 0 aliphatic heterocycles. The molecule has 0 aliphatic carbocycles. The van der Waals surface area contributed by atoms with Crippen LogP contribution in [0.15, 0.2) is 23.1 Å². The second-order valence-electron chi connectivity index (χ2n) is 4.62. The summed E-state index contributed by atoms with van der Waals surface area (Å²) in [7, 11) is 0. The first-order valence-corrected chi connectivity index (χ1v) is 5.11. The molecule has 1 aromatic rings. The van der Waals surface area contributed by atoms with Crippen molar-refractivity contribution in [2.45, 2.75) is 34.2 Å². The van der Waals surface area contributed by atoms with Crippen LogP contribution in [0.1, 0.15) is 38.1 Å². The third kappa shape index (κ3) is 2.55. The third-order valence-corrected chi connectivity index (χ3v) is 2.28. The lowest BCUT2D eigenvalue weighted by Crippen LogP contribution is -2.24. The Balaban J connectivity index is 3.14. The van der Waals surface area contributed by atoms with Gasteiger partial charge in [-0.2, -0.15) is 0 Å². The summed E-state index contributed by atoms with van der Waals surface area (Å²) < 4.78 is 1.57. The molecule has 0 bridgehead atoms. The fraction of sp³-hybridized carbons (Fsp3) is 0.500. The van der Waals surface area contributed by atoms with E-state index in [4.69, 9.17) is 0 Å². The molecular formula is C12H17NO2. The Hall–Kier alpha value is -1.38. The molecule has 0 radical (unpaired) electrons. The van der Waals surface area contributed by atoms with E-state index in [1.165, 1.54) is 6.07 Å². The molecule has 15 heavy (non-hydrogen) atoms. The minimum Gasteiger partial charge on any atom is -0.316 e. The zero-order chi connectivity index (χ0) is 11.6. The van der Waals surface area contributed by atoms with E-state index in [0.29, 0.717) is 12.1 Å². The molecule has 0 aromatic carbocycles. The van der Waals surface area contributed by atoms with Crippen LogP contribution in [0, 0.1) is 5.41 Å². The van der Waals surface area contributed by atoms with Gasteiger partial charge in [0, 0.05) is 29.8 Å². The van der Waals surface area contributed by atoms with Gasteiger partial charge in [0.1, 0.15) is 0 Å². The zero-order valence-electron chi connectivity index (χ0n) is 9.70. The minimum absolute atomic E-state index is 0.00264. The van der Waals surface area contributed by atoms with Crippen LogP contribution in [0.2, 0.25) is 0 Å². The summed E-state index contributed by atoms with van der Waals surface area (Å²) in [6.07, 6.45) is 1.67. The van der Waals surface area contributed by atoms with Crippen molar-refractivity contribution in [2.75, 3.05) is 0 Å². The smallest absolute Gasteiger partial charge is 0.251 e. The van der Waals surface area contributed by atoms with Gasteiger partial charge in [-0.25, -0.2) is 0 Å². The number of nitrogens with zero attached hydrogens (tertiary/aromatic N) is 1. The fourth-order valence-electron chi connectivity index (χ4n) is 1.34. The molecule has 0 unspecified atom stereocenters. The van der Waals surface area contributed by atoms with Crippen LogP contribution >= 0.6 is 0 Å². The second-order valence-corrected chi connectivity index (χ2v) is 4.62. The molecule has 0 spiro atoms. The van der Waals surface area contributed by atoms with Gasteiger partial charge < -0.3 is 4.57 Å². The Morgan fingerprint density at radius 1 is 1.40 bits per heavy atom. The van der Waals surface area contributed by atoms with E-state index in [-0.39, 0.29) is 11.3 Å². The Morgan fingerprint density at radius 3 is 2.40 bits per heavy atom. The second kappa shape index (κ2) is 4.01. The molecule has 3 heteroatoms. The maximum absolute atomic E-state index is 11.9. The fourth-order valence-corrected chi connectivity index (χ4v) is 1.34. The molecule has 3 nitrogen and oxygen atoms in total. The maximum Gasteiger partial charge on any atom is 0.251 e. The van der Waals surface area contributed by atoms with Gasteiger partial charge in [0.15, 0.2) is 5.78 Å². The number of carbonyl (C=O) groups excluding carboxylic acids is 1. The molecule has 0 N–H and O–H groups in total. The number of ketones is 1. The van der Waals surface area contributed by atoms with E-state index in [1.54, 1.807) is 16.8 Å². The third-order valence-electron chi connectivity index (χ3n) is 2.28. The van der Waals surface area contributed by atoms with Gasteiger partial charge in [-0.3, -0.25) is 9.59 Å². The van der Waals surface area contributed by atoms with Crippen molar-refractivity contribution in [2.24, 2.45) is 5.41 Å². The molecule has 0 atom stereocenters. The first-order chi connectivity index (χ1) is 6.86. The van der Waals surface area contributed by atoms with Crippen LogP contribution in [-0.2, 0) is 6.54 Å². The van der Waals surface area contributed by atoms with E-state index in [9.17, 15) is 9.59 Å². The number of aromatic nitrogens is 1. The lowest BCUT2D eigenvalue weighted by molar-refractivity contribution is 0.0858. The summed E-state index contributed by atoms with van der Waals surface area (Å²) in [5.74, 6) is 0.00264. The van der Waals surface area contributed by atoms with Gasteiger partial charge in [0.05, 0.1) is 0 Å². The highest BCUT2D eigenvalue weighted by Gasteiger charge is 2.23. The summed E-state index contributed by atoms with van der Waals surface area (Å²) in [6, 6.07) is 3.12. The molecule has 0 fully saturated rings. The van der Waals surface area contributed by atoms with E-state index in [0.717, 1.165) is 0 Å². The van der Waals surface area contributed by atoms with Gasteiger partial charge in [0.2, 0.25) is 0 Å². The van der Waals surface area contributed by atoms with Crippen molar-refractivity contribution >= 4 is 5.78 Å². The molecule has 0 amide bonds. The number of aryl methyl sites for hydroxylation is 1. The summed E-state index contributed by atoms with van der Waals surface area (Å²) in [5.41, 5.74) is -0.0602. The Kier molecular flexibility index (Phi) is 3.12. The topological polar surface area (TPSA) is 39.1 Å². The van der Waals surface area contributed by atoms with Crippen LogP contribution in [0.25, 0.3) is 0 Å². The van der Waals surface area contributed by atoms with Crippen LogP contribution in [0.4, 0.5) is 0 Å². The number of pyridine rings is 1. The summed E-state index contributed by atoms with van der Waals surface area (Å²) in [4.78, 5) is 23.4. The zero-order valence-corrected chi connectivity index (χ0v) is 9.70. The van der Waals surface area contributed by atoms with E-state index in [2.05, 4.69) is 0 Å². The first-order valence-electron chi connectivity index (χ1n) is 5.11. The van der Waals surface area contributed by atoms with Gasteiger partial charge in [0.25, 0.3) is 5.56 Å². The SMILES string of the molecule is CCn1ccc(C(=O)C(C)(C)C)cc1=O. The van der Waals surface area contributed by atoms with Crippen LogP contribution in [0.5, 0.6) is 0 Å². The Bertz CT molecular complexity index is 424. The molecule has 1 aromatic heterocycles. The first kappa shape index (κ1) is 11.7. The molecule has 1 rings (SSSR count). The van der Waals surface area contributed by atoms with Crippen molar-refractivity contribution in [1.29, 1.82) is 0 Å².